The van der Waals surface area contributed by atoms with Crippen LogP contribution in [0.2, 0.25) is 0 Å². The van der Waals surface area contributed by atoms with Gasteiger partial charge in [-0.2, -0.15) is 0 Å². The van der Waals surface area contributed by atoms with Crippen molar-refractivity contribution in [2.45, 2.75) is 31.9 Å². The number of piperidine rings is 1. The minimum Gasteiger partial charge on any atom is -0.393 e. The van der Waals surface area contributed by atoms with Crippen LogP contribution >= 0.6 is 0 Å². The lowest BCUT2D eigenvalue weighted by molar-refractivity contribution is 0.116. The third-order valence-corrected chi connectivity index (χ3v) is 2.82. The third-order valence-electron chi connectivity index (χ3n) is 2.82. The van der Waals surface area contributed by atoms with Crippen LogP contribution in [0.3, 0.4) is 0 Å². The van der Waals surface area contributed by atoms with E-state index in [4.69, 9.17) is 0 Å². The highest BCUT2D eigenvalue weighted by Crippen LogP contribution is 2.23. The number of nitrogens with one attached hydrogen (secondary N) is 1. The van der Waals surface area contributed by atoms with Crippen LogP contribution in [0.1, 0.15) is 30.0 Å². The van der Waals surface area contributed by atoms with E-state index in [0.29, 0.717) is 6.04 Å². The molecule has 2 nitrogen and oxygen atoms in total. The van der Waals surface area contributed by atoms with Gasteiger partial charge in [0.25, 0.3) is 0 Å². The van der Waals surface area contributed by atoms with Crippen LogP contribution < -0.4 is 5.32 Å². The molecule has 0 radical (unpaired) electrons. The Kier molecular flexibility index (Phi) is 2.85. The molecule has 1 saturated heterocycles. The van der Waals surface area contributed by atoms with E-state index in [-0.39, 0.29) is 6.10 Å². The summed E-state index contributed by atoms with van der Waals surface area (Å²) >= 11 is 0. The predicted octanol–water partition coefficient (Wildman–Crippen LogP) is 1.78. The van der Waals surface area contributed by atoms with E-state index in [0.717, 1.165) is 19.4 Å². The summed E-state index contributed by atoms with van der Waals surface area (Å²) in [7, 11) is 0. The van der Waals surface area contributed by atoms with Gasteiger partial charge in [0.15, 0.2) is 0 Å². The maximum atomic E-state index is 9.57. The SMILES string of the molecule is Cc1cccc(C2CC(O)CCN2)c1. The molecule has 2 N–H and O–H groups in total. The largest absolute Gasteiger partial charge is 0.393 e. The monoisotopic (exact) mass is 191 g/mol. The quantitative estimate of drug-likeness (QED) is 0.709. The maximum Gasteiger partial charge on any atom is 0.0570 e. The van der Waals surface area contributed by atoms with Gasteiger partial charge in [-0.25, -0.2) is 0 Å². The van der Waals surface area contributed by atoms with Crippen LogP contribution in [0.15, 0.2) is 24.3 Å². The second-order valence-electron chi connectivity index (χ2n) is 4.10. The Morgan fingerprint density at radius 2 is 2.29 bits per heavy atom. The maximum absolute atomic E-state index is 9.57. The highest BCUT2D eigenvalue weighted by Gasteiger charge is 2.20. The first kappa shape index (κ1) is 9.69. The van der Waals surface area contributed by atoms with E-state index < -0.39 is 0 Å². The zero-order valence-corrected chi connectivity index (χ0v) is 8.53. The molecule has 0 bridgehead atoms. The van der Waals surface area contributed by atoms with E-state index in [2.05, 4.69) is 36.5 Å². The molecule has 2 rings (SSSR count). The van der Waals surface area contributed by atoms with Crippen LogP contribution in [0.4, 0.5) is 0 Å². The molecule has 1 fully saturated rings. The summed E-state index contributed by atoms with van der Waals surface area (Å²) in [5.74, 6) is 0. The molecule has 2 unspecified atom stereocenters. The topological polar surface area (TPSA) is 32.3 Å². The fraction of sp³-hybridized carbons (Fsp3) is 0.500. The van der Waals surface area contributed by atoms with Gasteiger partial charge in [0, 0.05) is 6.04 Å². The van der Waals surface area contributed by atoms with Gasteiger partial charge in [0.2, 0.25) is 0 Å². The molecule has 1 aliphatic rings. The highest BCUT2D eigenvalue weighted by molar-refractivity contribution is 5.25. The van der Waals surface area contributed by atoms with Gasteiger partial charge in [-0.1, -0.05) is 29.8 Å². The van der Waals surface area contributed by atoms with Gasteiger partial charge in [0.05, 0.1) is 6.10 Å². The second kappa shape index (κ2) is 4.11. The lowest BCUT2D eigenvalue weighted by Crippen LogP contribution is -2.34. The Labute approximate surface area is 85.0 Å². The molecular formula is C12H17NO. The van der Waals surface area contributed by atoms with Crippen molar-refractivity contribution >= 4 is 0 Å². The first-order valence-corrected chi connectivity index (χ1v) is 5.24. The lowest BCUT2D eigenvalue weighted by Gasteiger charge is -2.27. The number of aliphatic hydroxyl groups is 1. The molecule has 1 aromatic carbocycles. The zero-order chi connectivity index (χ0) is 9.97. The standard InChI is InChI=1S/C12H17NO/c1-9-3-2-4-10(7-9)12-8-11(14)5-6-13-12/h2-4,7,11-14H,5-6,8H2,1H3. The molecule has 0 spiro atoms. The molecule has 2 heteroatoms. The molecule has 0 amide bonds. The van der Waals surface area contributed by atoms with Crippen molar-refractivity contribution in [3.63, 3.8) is 0 Å². The molecule has 0 saturated carbocycles. The first-order valence-electron chi connectivity index (χ1n) is 5.24. The Morgan fingerprint density at radius 3 is 3.00 bits per heavy atom. The Morgan fingerprint density at radius 1 is 1.43 bits per heavy atom. The van der Waals surface area contributed by atoms with Crippen molar-refractivity contribution in [2.24, 2.45) is 0 Å². The van der Waals surface area contributed by atoms with Gasteiger partial charge in [-0.05, 0) is 31.9 Å². The van der Waals surface area contributed by atoms with Crippen LogP contribution in [0, 0.1) is 6.92 Å². The minimum absolute atomic E-state index is 0.137. The van der Waals surface area contributed by atoms with Crippen molar-refractivity contribution in [1.82, 2.24) is 5.32 Å². The molecule has 1 heterocycles. The number of hydrogen-bond acceptors (Lipinski definition) is 2. The van der Waals surface area contributed by atoms with E-state index in [1.165, 1.54) is 11.1 Å². The number of aliphatic hydroxyl groups excluding tert-OH is 1. The summed E-state index contributed by atoms with van der Waals surface area (Å²) in [6.45, 7) is 3.02. The van der Waals surface area contributed by atoms with E-state index >= 15 is 0 Å². The average molecular weight is 191 g/mol. The van der Waals surface area contributed by atoms with Crippen molar-refractivity contribution in [1.29, 1.82) is 0 Å². The molecular weight excluding hydrogens is 174 g/mol. The smallest absolute Gasteiger partial charge is 0.0570 e. The highest BCUT2D eigenvalue weighted by atomic mass is 16.3. The van der Waals surface area contributed by atoms with Gasteiger partial charge in [0.1, 0.15) is 0 Å². The summed E-state index contributed by atoms with van der Waals surface area (Å²) in [5.41, 5.74) is 2.58. The van der Waals surface area contributed by atoms with Gasteiger partial charge in [-0.3, -0.25) is 0 Å². The number of hydrogen-bond donors (Lipinski definition) is 2. The van der Waals surface area contributed by atoms with Crippen molar-refractivity contribution in [3.05, 3.63) is 35.4 Å². The fourth-order valence-electron chi connectivity index (χ4n) is 2.04. The van der Waals surface area contributed by atoms with Gasteiger partial charge < -0.3 is 10.4 Å². The second-order valence-corrected chi connectivity index (χ2v) is 4.10. The summed E-state index contributed by atoms with van der Waals surface area (Å²) in [6.07, 6.45) is 1.58. The Balaban J connectivity index is 2.14. The van der Waals surface area contributed by atoms with E-state index in [1.54, 1.807) is 0 Å². The Hall–Kier alpha value is -0.860. The molecule has 14 heavy (non-hydrogen) atoms. The van der Waals surface area contributed by atoms with Crippen LogP contribution in [0.25, 0.3) is 0 Å². The number of benzene rings is 1. The van der Waals surface area contributed by atoms with Gasteiger partial charge in [-0.15, -0.1) is 0 Å². The summed E-state index contributed by atoms with van der Waals surface area (Å²) < 4.78 is 0. The summed E-state index contributed by atoms with van der Waals surface area (Å²) in [6, 6.07) is 8.83. The average Bonchev–Trinajstić information content (AvgIpc) is 2.18. The number of rotatable bonds is 1. The normalized spacial score (nSPS) is 27.6. The van der Waals surface area contributed by atoms with Crippen molar-refractivity contribution in [3.8, 4) is 0 Å². The van der Waals surface area contributed by atoms with Crippen LogP contribution in [0.5, 0.6) is 0 Å². The lowest BCUT2D eigenvalue weighted by atomic mass is 9.95. The Bertz CT molecular complexity index is 311. The minimum atomic E-state index is -0.137. The molecule has 0 aliphatic carbocycles. The molecule has 76 valence electrons. The fourth-order valence-corrected chi connectivity index (χ4v) is 2.04. The van der Waals surface area contributed by atoms with Crippen LogP contribution in [-0.4, -0.2) is 17.8 Å². The van der Waals surface area contributed by atoms with E-state index in [9.17, 15) is 5.11 Å². The van der Waals surface area contributed by atoms with Crippen LogP contribution in [-0.2, 0) is 0 Å². The number of aryl methyl sites for hydroxylation is 1. The first-order chi connectivity index (χ1) is 6.75. The third kappa shape index (κ3) is 2.14. The molecule has 1 aromatic rings. The molecule has 1 aliphatic heterocycles. The van der Waals surface area contributed by atoms with Gasteiger partial charge >= 0.3 is 0 Å². The van der Waals surface area contributed by atoms with Crippen molar-refractivity contribution in [2.75, 3.05) is 6.54 Å². The van der Waals surface area contributed by atoms with Crippen molar-refractivity contribution < 1.29 is 5.11 Å². The molecule has 2 atom stereocenters. The summed E-state index contributed by atoms with van der Waals surface area (Å²) in [4.78, 5) is 0. The zero-order valence-electron chi connectivity index (χ0n) is 8.53. The predicted molar refractivity (Wildman–Crippen MR) is 57.2 cm³/mol. The summed E-state index contributed by atoms with van der Waals surface area (Å²) in [5, 5.41) is 13.0. The van der Waals surface area contributed by atoms with E-state index in [1.807, 2.05) is 0 Å². The molecule has 0 aromatic heterocycles.